The van der Waals surface area contributed by atoms with Gasteiger partial charge < -0.3 is 0 Å². The third-order valence-electron chi connectivity index (χ3n) is 3.14. The fourth-order valence-corrected chi connectivity index (χ4v) is 3.51. The number of carbonyl (C=O) groups is 1. The second-order valence-corrected chi connectivity index (χ2v) is 6.46. The number of rotatable bonds is 2. The zero-order valence-corrected chi connectivity index (χ0v) is 11.2. The number of benzene rings is 1. The highest BCUT2D eigenvalue weighted by atomic mass is 32.2. The molecule has 18 heavy (non-hydrogen) atoms. The summed E-state index contributed by atoms with van der Waals surface area (Å²) in [4.78, 5) is 12.0. The van der Waals surface area contributed by atoms with Gasteiger partial charge in [-0.3, -0.25) is 4.79 Å². The van der Waals surface area contributed by atoms with Crippen molar-refractivity contribution >= 4 is 15.9 Å². The number of amides is 1. The number of hydrogen-bond acceptors (Lipinski definition) is 3. The minimum atomic E-state index is -3.67. The first-order chi connectivity index (χ1) is 8.51. The summed E-state index contributed by atoms with van der Waals surface area (Å²) in [5.41, 5.74) is 0.996. The van der Waals surface area contributed by atoms with Gasteiger partial charge in [0.05, 0.1) is 4.90 Å². The van der Waals surface area contributed by atoms with Crippen molar-refractivity contribution in [3.63, 3.8) is 0 Å². The molecule has 0 saturated carbocycles. The van der Waals surface area contributed by atoms with Crippen LogP contribution >= 0.6 is 0 Å². The molecule has 4 nitrogen and oxygen atoms in total. The van der Waals surface area contributed by atoms with Gasteiger partial charge in [-0.1, -0.05) is 24.1 Å². The van der Waals surface area contributed by atoms with Crippen LogP contribution in [0.5, 0.6) is 0 Å². The largest absolute Gasteiger partial charge is 0.274 e. The SMILES string of the molecule is Cc1ccc(S(=O)(=O)N2CCCCCC2=O)cc1. The van der Waals surface area contributed by atoms with Gasteiger partial charge in [-0.15, -0.1) is 0 Å². The summed E-state index contributed by atoms with van der Waals surface area (Å²) in [6.07, 6.45) is 2.76. The van der Waals surface area contributed by atoms with Gasteiger partial charge in [0.15, 0.2) is 0 Å². The van der Waals surface area contributed by atoms with E-state index in [-0.39, 0.29) is 10.8 Å². The monoisotopic (exact) mass is 267 g/mol. The van der Waals surface area contributed by atoms with E-state index in [1.54, 1.807) is 24.3 Å². The molecule has 2 rings (SSSR count). The van der Waals surface area contributed by atoms with Gasteiger partial charge in [-0.25, -0.2) is 12.7 Å². The maximum Gasteiger partial charge on any atom is 0.266 e. The molecule has 0 aromatic heterocycles. The van der Waals surface area contributed by atoms with E-state index >= 15 is 0 Å². The molecule has 1 heterocycles. The van der Waals surface area contributed by atoms with Crippen LogP contribution in [0.3, 0.4) is 0 Å². The number of carbonyl (C=O) groups excluding carboxylic acids is 1. The zero-order chi connectivity index (χ0) is 13.2. The third-order valence-corrected chi connectivity index (χ3v) is 4.97. The van der Waals surface area contributed by atoms with Crippen molar-refractivity contribution in [1.82, 2.24) is 4.31 Å². The number of sulfonamides is 1. The Morgan fingerprint density at radius 1 is 1.06 bits per heavy atom. The predicted molar refractivity (Wildman–Crippen MR) is 68.5 cm³/mol. The topological polar surface area (TPSA) is 54.5 Å². The molecule has 0 atom stereocenters. The molecule has 1 aliphatic heterocycles. The van der Waals surface area contributed by atoms with Crippen LogP contribution < -0.4 is 0 Å². The quantitative estimate of drug-likeness (QED) is 0.824. The minimum absolute atomic E-state index is 0.198. The molecule has 1 aromatic carbocycles. The lowest BCUT2D eigenvalue weighted by atomic mass is 10.2. The molecule has 1 amide bonds. The van der Waals surface area contributed by atoms with Crippen molar-refractivity contribution < 1.29 is 13.2 Å². The van der Waals surface area contributed by atoms with Crippen LogP contribution in [0.2, 0.25) is 0 Å². The second-order valence-electron chi connectivity index (χ2n) is 4.59. The summed E-state index contributed by atoms with van der Waals surface area (Å²) >= 11 is 0. The maximum atomic E-state index is 12.4. The van der Waals surface area contributed by atoms with Crippen LogP contribution in [0, 0.1) is 6.92 Å². The first-order valence-electron chi connectivity index (χ1n) is 6.14. The van der Waals surface area contributed by atoms with E-state index in [4.69, 9.17) is 0 Å². The van der Waals surface area contributed by atoms with Gasteiger partial charge >= 0.3 is 0 Å². The molecule has 0 unspecified atom stereocenters. The summed E-state index contributed by atoms with van der Waals surface area (Å²) in [5, 5.41) is 0. The molecule has 0 radical (unpaired) electrons. The van der Waals surface area contributed by atoms with Gasteiger partial charge in [0.2, 0.25) is 5.91 Å². The lowest BCUT2D eigenvalue weighted by Gasteiger charge is -2.20. The van der Waals surface area contributed by atoms with E-state index in [9.17, 15) is 13.2 Å². The van der Waals surface area contributed by atoms with Crippen LogP contribution in [-0.4, -0.2) is 25.2 Å². The first-order valence-corrected chi connectivity index (χ1v) is 7.58. The zero-order valence-electron chi connectivity index (χ0n) is 10.4. The molecule has 1 aromatic rings. The summed E-state index contributed by atoms with van der Waals surface area (Å²) in [7, 11) is -3.67. The lowest BCUT2D eigenvalue weighted by molar-refractivity contribution is -0.126. The predicted octanol–water partition coefficient (Wildman–Crippen LogP) is 2.09. The standard InChI is InChI=1S/C13H17NO3S/c1-11-6-8-12(9-7-11)18(16,17)14-10-4-2-3-5-13(14)15/h6-9H,2-5,10H2,1H3. The van der Waals surface area contributed by atoms with Crippen LogP contribution in [0.25, 0.3) is 0 Å². The summed E-state index contributed by atoms with van der Waals surface area (Å²) in [6.45, 7) is 2.20. The normalized spacial score (nSPS) is 17.6. The molecule has 1 saturated heterocycles. The Hall–Kier alpha value is -1.36. The van der Waals surface area contributed by atoms with Crippen molar-refractivity contribution in [2.24, 2.45) is 0 Å². The third kappa shape index (κ3) is 2.56. The van der Waals surface area contributed by atoms with E-state index in [1.807, 2.05) is 6.92 Å². The highest BCUT2D eigenvalue weighted by Gasteiger charge is 2.29. The average Bonchev–Trinajstić information content (AvgIpc) is 2.55. The minimum Gasteiger partial charge on any atom is -0.274 e. The summed E-state index contributed by atoms with van der Waals surface area (Å²) in [6, 6.07) is 6.61. The van der Waals surface area contributed by atoms with Gasteiger partial charge in [0.1, 0.15) is 0 Å². The summed E-state index contributed by atoms with van der Waals surface area (Å²) < 4.78 is 25.8. The van der Waals surface area contributed by atoms with Gasteiger partial charge in [-0.2, -0.15) is 0 Å². The van der Waals surface area contributed by atoms with Crippen molar-refractivity contribution in [1.29, 1.82) is 0 Å². The van der Waals surface area contributed by atoms with E-state index in [1.165, 1.54) is 0 Å². The van der Waals surface area contributed by atoms with E-state index in [0.29, 0.717) is 13.0 Å². The Kier molecular flexibility index (Phi) is 3.71. The Balaban J connectivity index is 2.34. The fourth-order valence-electron chi connectivity index (χ4n) is 2.05. The van der Waals surface area contributed by atoms with Crippen LogP contribution in [0.15, 0.2) is 29.2 Å². The smallest absolute Gasteiger partial charge is 0.266 e. The van der Waals surface area contributed by atoms with Crippen LogP contribution in [0.4, 0.5) is 0 Å². The highest BCUT2D eigenvalue weighted by molar-refractivity contribution is 7.89. The van der Waals surface area contributed by atoms with E-state index < -0.39 is 10.0 Å². The number of nitrogens with zero attached hydrogens (tertiary/aromatic N) is 1. The molecular formula is C13H17NO3S. The highest BCUT2D eigenvalue weighted by Crippen LogP contribution is 2.21. The Labute approximate surface area is 108 Å². The molecule has 0 N–H and O–H groups in total. The van der Waals surface area contributed by atoms with Crippen molar-refractivity contribution in [2.75, 3.05) is 6.54 Å². The molecule has 1 fully saturated rings. The van der Waals surface area contributed by atoms with Crippen molar-refractivity contribution in [3.05, 3.63) is 29.8 Å². The number of hydrogen-bond donors (Lipinski definition) is 0. The molecular weight excluding hydrogens is 250 g/mol. The molecule has 1 aliphatic rings. The maximum absolute atomic E-state index is 12.4. The molecule has 5 heteroatoms. The van der Waals surface area contributed by atoms with E-state index in [2.05, 4.69) is 0 Å². The van der Waals surface area contributed by atoms with Gasteiger partial charge in [0, 0.05) is 13.0 Å². The average molecular weight is 267 g/mol. The van der Waals surface area contributed by atoms with Gasteiger partial charge in [0.25, 0.3) is 10.0 Å². The number of aryl methyl sites for hydroxylation is 1. The lowest BCUT2D eigenvalue weighted by Crippen LogP contribution is -2.36. The molecule has 0 spiro atoms. The van der Waals surface area contributed by atoms with Crippen LogP contribution in [-0.2, 0) is 14.8 Å². The Morgan fingerprint density at radius 3 is 2.39 bits per heavy atom. The summed E-state index contributed by atoms with van der Waals surface area (Å²) in [5.74, 6) is -0.284. The molecule has 0 bridgehead atoms. The first kappa shape index (κ1) is 13.1. The molecule has 98 valence electrons. The van der Waals surface area contributed by atoms with Crippen LogP contribution in [0.1, 0.15) is 31.2 Å². The Bertz CT molecular complexity index is 534. The van der Waals surface area contributed by atoms with Gasteiger partial charge in [-0.05, 0) is 31.9 Å². The second kappa shape index (κ2) is 5.10. The van der Waals surface area contributed by atoms with Crippen molar-refractivity contribution in [2.45, 2.75) is 37.5 Å². The fraction of sp³-hybridized carbons (Fsp3) is 0.462. The Morgan fingerprint density at radius 2 is 1.72 bits per heavy atom. The van der Waals surface area contributed by atoms with Crippen molar-refractivity contribution in [3.8, 4) is 0 Å². The van der Waals surface area contributed by atoms with E-state index in [0.717, 1.165) is 29.1 Å². The molecule has 0 aliphatic carbocycles.